The van der Waals surface area contributed by atoms with Gasteiger partial charge in [-0.1, -0.05) is 0 Å². The highest BCUT2D eigenvalue weighted by Crippen LogP contribution is 2.36. The van der Waals surface area contributed by atoms with Gasteiger partial charge in [-0.2, -0.15) is 18.6 Å². The maximum atomic E-state index is 9.55. The van der Waals surface area contributed by atoms with Gasteiger partial charge in [0.1, 0.15) is 11.6 Å². The summed E-state index contributed by atoms with van der Waals surface area (Å²) in [6, 6.07) is 6.60. The summed E-state index contributed by atoms with van der Waals surface area (Å²) in [5, 5.41) is 15.4. The van der Waals surface area contributed by atoms with Crippen molar-refractivity contribution in [2.75, 3.05) is 57.5 Å². The lowest BCUT2D eigenvalue weighted by Crippen LogP contribution is -2.61. The van der Waals surface area contributed by atoms with E-state index in [1.165, 1.54) is 11.1 Å². The molecule has 3 aliphatic heterocycles. The molecule has 200 valence electrons. The molecule has 1 N–H and O–H groups in total. The minimum Gasteiger partial charge on any atom is -0.394 e. The van der Waals surface area contributed by atoms with Crippen LogP contribution in [-0.4, -0.2) is 94.0 Å². The highest BCUT2D eigenvalue weighted by Gasteiger charge is 2.41. The van der Waals surface area contributed by atoms with Gasteiger partial charge in [0.05, 0.1) is 49.8 Å². The van der Waals surface area contributed by atoms with Crippen LogP contribution in [0.4, 0.5) is 5.82 Å². The lowest BCUT2D eigenvalue weighted by Gasteiger charge is -2.50. The number of fused-ring (bicyclic) bond motifs is 1. The predicted molar refractivity (Wildman–Crippen MR) is 148 cm³/mol. The fourth-order valence-corrected chi connectivity index (χ4v) is 5.98. The van der Waals surface area contributed by atoms with Crippen LogP contribution in [-0.2, 0) is 9.47 Å². The number of anilines is 1. The molecule has 10 heteroatoms. The summed E-state index contributed by atoms with van der Waals surface area (Å²) in [7, 11) is 0. The zero-order valence-electron chi connectivity index (χ0n) is 22.0. The van der Waals surface area contributed by atoms with E-state index in [0.717, 1.165) is 68.2 Å². The van der Waals surface area contributed by atoms with Crippen molar-refractivity contribution >= 4 is 30.2 Å². The van der Waals surface area contributed by atoms with Gasteiger partial charge in [-0.15, -0.1) is 0 Å². The number of piperidine rings is 1. The summed E-state index contributed by atoms with van der Waals surface area (Å²) in [5.41, 5.74) is 4.06. The molecule has 1 aromatic carbocycles. The average molecular weight is 527 g/mol. The van der Waals surface area contributed by atoms with E-state index < -0.39 is 0 Å². The molecule has 0 radical (unpaired) electrons. The minimum atomic E-state index is -0.195. The van der Waals surface area contributed by atoms with Crippen molar-refractivity contribution in [3.63, 3.8) is 0 Å². The number of aromatic nitrogens is 4. The van der Waals surface area contributed by atoms with Gasteiger partial charge in [-0.3, -0.25) is 4.90 Å². The van der Waals surface area contributed by atoms with E-state index in [4.69, 9.17) is 19.6 Å². The summed E-state index contributed by atoms with van der Waals surface area (Å²) in [6.07, 6.45) is 4.06. The summed E-state index contributed by atoms with van der Waals surface area (Å²) < 4.78 is 13.1. The number of aliphatic hydroxyl groups is 1. The third-order valence-corrected chi connectivity index (χ3v) is 8.17. The molecule has 0 saturated carbocycles. The zero-order chi connectivity index (χ0) is 24.9. The Morgan fingerprint density at radius 1 is 1.05 bits per heavy atom. The van der Waals surface area contributed by atoms with E-state index >= 15 is 0 Å². The van der Waals surface area contributed by atoms with E-state index in [1.807, 2.05) is 23.9 Å². The summed E-state index contributed by atoms with van der Waals surface area (Å²) in [6.45, 7) is 12.3. The predicted octanol–water partition coefficient (Wildman–Crippen LogP) is 2.71. The van der Waals surface area contributed by atoms with Gasteiger partial charge in [0.25, 0.3) is 0 Å². The van der Waals surface area contributed by atoms with E-state index in [0.29, 0.717) is 24.9 Å². The maximum absolute atomic E-state index is 9.55. The number of nitrogens with zero attached hydrogens (tertiary/aromatic N) is 6. The van der Waals surface area contributed by atoms with Crippen molar-refractivity contribution in [2.45, 2.75) is 51.2 Å². The van der Waals surface area contributed by atoms with Crippen molar-refractivity contribution in [3.8, 4) is 5.82 Å². The second-order valence-corrected chi connectivity index (χ2v) is 10.8. The second kappa shape index (κ2) is 10.5. The molecule has 3 aromatic rings. The highest BCUT2D eigenvalue weighted by molar-refractivity contribution is 7.59. The first-order valence-electron chi connectivity index (χ1n) is 13.1. The van der Waals surface area contributed by atoms with E-state index in [9.17, 15) is 5.11 Å². The van der Waals surface area contributed by atoms with Crippen molar-refractivity contribution in [3.05, 3.63) is 41.3 Å². The van der Waals surface area contributed by atoms with Gasteiger partial charge in [0, 0.05) is 24.5 Å². The van der Waals surface area contributed by atoms with Crippen LogP contribution in [0.2, 0.25) is 0 Å². The fraction of sp³-hybridized carbons (Fsp3) is 0.593. The molecule has 0 unspecified atom stereocenters. The standard InChI is InChI=1S/C27H36N6O3.H2S/c1-18-10-21-13-28-33(26-12-25(29-19(2)30-26)31-8-9-36-22(14-31)15-34)24(21)11-23(18)20-4-6-32(7-5-20)27(3)16-35-17-27;/h10-13,20,22,34H,4-9,14-17H2,1-3H3;1H2/t22-;/m0./s1. The SMILES string of the molecule is Cc1nc(N2CCO[C@H](CO)C2)cc(-n2ncc3cc(C)c(C4CCN(C5(C)COC5)CC4)cc32)n1.S. The number of morpholine rings is 1. The normalized spacial score (nSPS) is 22.6. The summed E-state index contributed by atoms with van der Waals surface area (Å²) in [5.74, 6) is 2.86. The minimum absolute atomic E-state index is 0. The number of aryl methyl sites for hydroxylation is 2. The molecule has 2 aromatic heterocycles. The lowest BCUT2D eigenvalue weighted by molar-refractivity contribution is -0.136. The molecule has 5 heterocycles. The summed E-state index contributed by atoms with van der Waals surface area (Å²) >= 11 is 0. The van der Waals surface area contributed by atoms with Crippen LogP contribution in [0.5, 0.6) is 0 Å². The zero-order valence-corrected chi connectivity index (χ0v) is 23.0. The quantitative estimate of drug-likeness (QED) is 0.543. The largest absolute Gasteiger partial charge is 0.394 e. The van der Waals surface area contributed by atoms with Crippen molar-refractivity contribution in [1.82, 2.24) is 24.6 Å². The molecule has 0 aliphatic carbocycles. The Hall–Kier alpha value is -2.24. The van der Waals surface area contributed by atoms with Crippen LogP contribution < -0.4 is 4.90 Å². The van der Waals surface area contributed by atoms with Gasteiger partial charge in [0.15, 0.2) is 5.82 Å². The van der Waals surface area contributed by atoms with Crippen LogP contribution >= 0.6 is 13.5 Å². The maximum Gasteiger partial charge on any atom is 0.159 e. The van der Waals surface area contributed by atoms with Crippen molar-refractivity contribution < 1.29 is 14.6 Å². The highest BCUT2D eigenvalue weighted by atomic mass is 32.1. The number of hydrogen-bond donors (Lipinski definition) is 1. The van der Waals surface area contributed by atoms with Gasteiger partial charge in [-0.25, -0.2) is 14.6 Å². The van der Waals surface area contributed by atoms with Crippen molar-refractivity contribution in [2.24, 2.45) is 0 Å². The van der Waals surface area contributed by atoms with E-state index in [-0.39, 0.29) is 31.7 Å². The fourth-order valence-electron chi connectivity index (χ4n) is 5.98. The van der Waals surface area contributed by atoms with Crippen LogP contribution in [0.25, 0.3) is 16.7 Å². The van der Waals surface area contributed by atoms with Crippen LogP contribution in [0, 0.1) is 13.8 Å². The molecule has 6 rings (SSSR count). The van der Waals surface area contributed by atoms with Gasteiger partial charge in [0.2, 0.25) is 0 Å². The molecule has 0 amide bonds. The first-order chi connectivity index (χ1) is 17.4. The number of aliphatic hydroxyl groups excluding tert-OH is 1. The number of hydrogen-bond acceptors (Lipinski definition) is 8. The van der Waals surface area contributed by atoms with Crippen LogP contribution in [0.1, 0.15) is 42.6 Å². The Bertz CT molecular complexity index is 1250. The summed E-state index contributed by atoms with van der Waals surface area (Å²) in [4.78, 5) is 14.2. The molecule has 3 saturated heterocycles. The van der Waals surface area contributed by atoms with Crippen molar-refractivity contribution in [1.29, 1.82) is 0 Å². The Morgan fingerprint density at radius 2 is 1.81 bits per heavy atom. The first kappa shape index (κ1) is 26.4. The molecular weight excluding hydrogens is 488 g/mol. The third kappa shape index (κ3) is 4.97. The topological polar surface area (TPSA) is 88.8 Å². The number of likely N-dealkylation sites (tertiary alicyclic amines) is 1. The van der Waals surface area contributed by atoms with E-state index in [1.54, 1.807) is 0 Å². The Morgan fingerprint density at radius 3 is 2.51 bits per heavy atom. The number of ether oxygens (including phenoxy) is 2. The molecular formula is C27H38N6O3S. The van der Waals surface area contributed by atoms with Gasteiger partial charge < -0.3 is 19.5 Å². The molecule has 1 atom stereocenters. The average Bonchev–Trinajstić information content (AvgIpc) is 3.29. The molecule has 0 spiro atoms. The van der Waals surface area contributed by atoms with Gasteiger partial charge in [-0.05, 0) is 75.9 Å². The van der Waals surface area contributed by atoms with Crippen LogP contribution in [0.15, 0.2) is 24.4 Å². The number of benzene rings is 1. The molecule has 37 heavy (non-hydrogen) atoms. The second-order valence-electron chi connectivity index (χ2n) is 10.8. The van der Waals surface area contributed by atoms with Gasteiger partial charge >= 0.3 is 0 Å². The Labute approximate surface area is 225 Å². The molecule has 9 nitrogen and oxygen atoms in total. The molecule has 0 bridgehead atoms. The first-order valence-corrected chi connectivity index (χ1v) is 13.1. The Balaban J connectivity index is 0.00000280. The smallest absolute Gasteiger partial charge is 0.159 e. The lowest BCUT2D eigenvalue weighted by atomic mass is 9.84. The molecule has 3 aliphatic rings. The number of rotatable bonds is 5. The Kier molecular flexibility index (Phi) is 7.48. The van der Waals surface area contributed by atoms with E-state index in [2.05, 4.69) is 40.8 Å². The third-order valence-electron chi connectivity index (χ3n) is 8.17. The monoisotopic (exact) mass is 526 g/mol. The van der Waals surface area contributed by atoms with Crippen LogP contribution in [0.3, 0.4) is 0 Å². The molecule has 3 fully saturated rings.